The van der Waals surface area contributed by atoms with Crippen LogP contribution in [0.1, 0.15) is 97.8 Å². The van der Waals surface area contributed by atoms with Crippen LogP contribution < -0.4 is 0 Å². The molecule has 1 N–H and O–H groups in total. The highest BCUT2D eigenvalue weighted by molar-refractivity contribution is 8.41. The van der Waals surface area contributed by atoms with E-state index >= 15 is 0 Å². The summed E-state index contributed by atoms with van der Waals surface area (Å²) < 4.78 is 5.12. The second-order valence-corrected chi connectivity index (χ2v) is 14.9. The molecule has 30 heavy (non-hydrogen) atoms. The van der Waals surface area contributed by atoms with E-state index in [-0.39, 0.29) is 41.2 Å². The molecule has 0 aromatic heterocycles. The summed E-state index contributed by atoms with van der Waals surface area (Å²) in [6.07, 6.45) is 8.87. The van der Waals surface area contributed by atoms with E-state index in [1.165, 1.54) is 0 Å². The minimum atomic E-state index is -0.782. The van der Waals surface area contributed by atoms with Crippen molar-refractivity contribution in [2.24, 2.45) is 17.3 Å². The maximum Gasteiger partial charge on any atom is 0.309 e. The van der Waals surface area contributed by atoms with E-state index in [1.807, 2.05) is 20.8 Å². The number of hydrogen-bond acceptors (Lipinski definition) is 5. The van der Waals surface area contributed by atoms with Gasteiger partial charge in [0.25, 0.3) is 0 Å². The second kappa shape index (κ2) is 14.3. The monoisotopic (exact) mass is 478 g/mol. The van der Waals surface area contributed by atoms with Gasteiger partial charge in [-0.1, -0.05) is 70.7 Å². The van der Waals surface area contributed by atoms with E-state index in [0.29, 0.717) is 19.3 Å². The largest absolute Gasteiger partial charge is 0.437 e. The number of carbonyl (C=O) groups is 3. The molecule has 5 nitrogen and oxygen atoms in total. The van der Waals surface area contributed by atoms with Crippen molar-refractivity contribution >= 4 is 42.9 Å². The van der Waals surface area contributed by atoms with Crippen molar-refractivity contribution in [3.05, 3.63) is 0 Å². The number of ketones is 2. The van der Waals surface area contributed by atoms with Crippen molar-refractivity contribution in [3.8, 4) is 0 Å². The van der Waals surface area contributed by atoms with Crippen molar-refractivity contribution in [2.45, 2.75) is 104 Å². The summed E-state index contributed by atoms with van der Waals surface area (Å²) in [5.74, 6) is 0.0962. The van der Waals surface area contributed by atoms with Gasteiger partial charge in [-0.3, -0.25) is 14.4 Å². The van der Waals surface area contributed by atoms with Gasteiger partial charge in [0.05, 0.1) is 6.10 Å². The molecule has 1 aliphatic rings. The second-order valence-electron chi connectivity index (χ2n) is 9.19. The Morgan fingerprint density at radius 3 is 2.27 bits per heavy atom. The molecule has 0 aromatic carbocycles. The highest BCUT2D eigenvalue weighted by atomic mass is 32.4. The third kappa shape index (κ3) is 10.1. The standard InChI is InChI=1S/C22H41O5P3/c1-4-22(2,3)20(25)14-13-17-16(18(23)15-19(17)24)11-9-7-5-6-8-10-12-21(26)27-30(28)29/h16-17,19,24H,4-15,28-29H2,1-3H3. The van der Waals surface area contributed by atoms with E-state index in [9.17, 15) is 19.5 Å². The minimum absolute atomic E-state index is 0.0703. The zero-order valence-corrected chi connectivity index (χ0v) is 22.1. The van der Waals surface area contributed by atoms with E-state index < -0.39 is 13.6 Å². The van der Waals surface area contributed by atoms with Gasteiger partial charge < -0.3 is 9.63 Å². The van der Waals surface area contributed by atoms with Crippen molar-refractivity contribution in [1.29, 1.82) is 0 Å². The molecule has 5 unspecified atom stereocenters. The molecule has 0 radical (unpaired) electrons. The number of aliphatic hydroxyl groups excluding tert-OH is 1. The number of hydrogen-bond donors (Lipinski definition) is 1. The van der Waals surface area contributed by atoms with Crippen LogP contribution in [0.3, 0.4) is 0 Å². The first kappa shape index (κ1) is 28.1. The Morgan fingerprint density at radius 1 is 1.07 bits per heavy atom. The number of Topliss-reactive ketones (excluding diaryl/α,β-unsaturated/α-hetero) is 2. The number of aliphatic hydroxyl groups is 1. The highest BCUT2D eigenvalue weighted by Gasteiger charge is 2.41. The molecule has 8 heteroatoms. The Bertz CT molecular complexity index is 565. The van der Waals surface area contributed by atoms with Gasteiger partial charge in [-0.25, -0.2) is 0 Å². The van der Waals surface area contributed by atoms with E-state index in [4.69, 9.17) is 4.52 Å². The van der Waals surface area contributed by atoms with Crippen LogP contribution >= 0.6 is 25.4 Å². The highest BCUT2D eigenvalue weighted by Crippen LogP contribution is 2.53. The first-order valence-corrected chi connectivity index (χ1v) is 15.8. The van der Waals surface area contributed by atoms with Gasteiger partial charge in [0.15, 0.2) is 0 Å². The average Bonchev–Trinajstić information content (AvgIpc) is 2.93. The van der Waals surface area contributed by atoms with Crippen LogP contribution in [0.15, 0.2) is 0 Å². The molecule has 0 aliphatic heterocycles. The summed E-state index contributed by atoms with van der Waals surface area (Å²) in [5.41, 5.74) is -0.326. The Balaban J connectivity index is 2.26. The first-order valence-electron chi connectivity index (χ1n) is 11.3. The summed E-state index contributed by atoms with van der Waals surface area (Å²) in [4.78, 5) is 36.3. The van der Waals surface area contributed by atoms with Gasteiger partial charge in [0, 0.05) is 30.6 Å². The summed E-state index contributed by atoms with van der Waals surface area (Å²) in [5, 5.41) is 10.3. The van der Waals surface area contributed by atoms with Gasteiger partial charge in [0.1, 0.15) is 19.1 Å². The van der Waals surface area contributed by atoms with Crippen LogP contribution in [0, 0.1) is 17.3 Å². The zero-order valence-electron chi connectivity index (χ0n) is 18.9. The Hall–Kier alpha value is 0.0600. The lowest BCUT2D eigenvalue weighted by Crippen LogP contribution is -2.27. The molecular formula is C22H41O5P3. The van der Waals surface area contributed by atoms with Gasteiger partial charge in [-0.15, -0.1) is 0 Å². The van der Waals surface area contributed by atoms with Crippen LogP contribution in [0.5, 0.6) is 0 Å². The molecule has 1 saturated carbocycles. The zero-order chi connectivity index (χ0) is 22.7. The normalized spacial score (nSPS) is 22.0. The third-order valence-corrected chi connectivity index (χ3v) is 7.58. The maximum absolute atomic E-state index is 12.4. The molecule has 0 aromatic rings. The molecule has 1 fully saturated rings. The molecule has 0 bridgehead atoms. The summed E-state index contributed by atoms with van der Waals surface area (Å²) in [7, 11) is 4.18. The van der Waals surface area contributed by atoms with Crippen molar-refractivity contribution < 1.29 is 24.0 Å². The molecule has 0 spiro atoms. The fraction of sp³-hybridized carbons (Fsp3) is 0.864. The van der Waals surface area contributed by atoms with Crippen LogP contribution in [0.2, 0.25) is 0 Å². The number of rotatable bonds is 15. The van der Waals surface area contributed by atoms with Gasteiger partial charge in [-0.2, -0.15) is 0 Å². The summed E-state index contributed by atoms with van der Waals surface area (Å²) in [6, 6.07) is 0. The topological polar surface area (TPSA) is 80.7 Å². The minimum Gasteiger partial charge on any atom is -0.437 e. The average molecular weight is 478 g/mol. The summed E-state index contributed by atoms with van der Waals surface area (Å²) in [6.45, 7) is 5.95. The smallest absolute Gasteiger partial charge is 0.309 e. The quantitative estimate of drug-likeness (QED) is 0.231. The Kier molecular flexibility index (Phi) is 13.4. The van der Waals surface area contributed by atoms with E-state index in [1.54, 1.807) is 0 Å². The first-order chi connectivity index (χ1) is 14.1. The van der Waals surface area contributed by atoms with Crippen LogP contribution in [0.25, 0.3) is 0 Å². The summed E-state index contributed by atoms with van der Waals surface area (Å²) >= 11 is 0. The lowest BCUT2D eigenvalue weighted by molar-refractivity contribution is -0.133. The number of carbonyl (C=O) groups excluding carboxylic acids is 3. The van der Waals surface area contributed by atoms with Crippen LogP contribution in [-0.2, 0) is 18.9 Å². The lowest BCUT2D eigenvalue weighted by Gasteiger charge is -2.24. The SMILES string of the molecule is CCC(C)(C)C(=O)CCC1C(O)CC(=O)C1CCCCCCCCC(=O)OP(P)P. The Morgan fingerprint density at radius 2 is 1.67 bits per heavy atom. The van der Waals surface area contributed by atoms with E-state index in [0.717, 1.165) is 51.4 Å². The van der Waals surface area contributed by atoms with Gasteiger partial charge in [-0.05, 0) is 31.6 Å². The molecule has 1 aliphatic carbocycles. The third-order valence-electron chi connectivity index (χ3n) is 6.53. The van der Waals surface area contributed by atoms with Crippen molar-refractivity contribution in [1.82, 2.24) is 0 Å². The van der Waals surface area contributed by atoms with Gasteiger partial charge >= 0.3 is 5.97 Å². The van der Waals surface area contributed by atoms with E-state index in [2.05, 4.69) is 17.9 Å². The molecule has 0 amide bonds. The molecule has 1 rings (SSSR count). The molecular weight excluding hydrogens is 437 g/mol. The molecule has 5 atom stereocenters. The number of unbranched alkanes of at least 4 members (excludes halogenated alkanes) is 5. The molecule has 0 saturated heterocycles. The fourth-order valence-electron chi connectivity index (χ4n) is 4.12. The van der Waals surface area contributed by atoms with Crippen molar-refractivity contribution in [2.75, 3.05) is 0 Å². The predicted molar refractivity (Wildman–Crippen MR) is 130 cm³/mol. The predicted octanol–water partition coefficient (Wildman–Crippen LogP) is 5.98. The molecule has 0 heterocycles. The van der Waals surface area contributed by atoms with Crippen LogP contribution in [0.4, 0.5) is 0 Å². The van der Waals surface area contributed by atoms with Gasteiger partial charge in [0.2, 0.25) is 0 Å². The van der Waals surface area contributed by atoms with Crippen molar-refractivity contribution in [3.63, 3.8) is 0 Å². The Labute approximate surface area is 188 Å². The maximum atomic E-state index is 12.4. The molecule has 174 valence electrons. The fourth-order valence-corrected chi connectivity index (χ4v) is 5.15. The lowest BCUT2D eigenvalue weighted by atomic mass is 9.79. The van der Waals surface area contributed by atoms with Crippen LogP contribution in [-0.4, -0.2) is 28.7 Å².